The molecule has 2 aromatic rings. The molecule has 0 atom stereocenters. The lowest BCUT2D eigenvalue weighted by atomic mass is 10.0. The molecule has 0 saturated heterocycles. The second-order valence-electron chi connectivity index (χ2n) is 6.10. The number of rotatable bonds is 7. The monoisotopic (exact) mass is 339 g/mol. The summed E-state index contributed by atoms with van der Waals surface area (Å²) >= 11 is 1.88. The van der Waals surface area contributed by atoms with Gasteiger partial charge in [-0.2, -0.15) is 0 Å². The van der Waals surface area contributed by atoms with Crippen molar-refractivity contribution in [1.82, 2.24) is 15.6 Å². The summed E-state index contributed by atoms with van der Waals surface area (Å²) in [4.78, 5) is 6.89. The number of pyridine rings is 1. The third kappa shape index (κ3) is 4.34. The average molecular weight is 340 g/mol. The molecule has 24 heavy (non-hydrogen) atoms. The van der Waals surface area contributed by atoms with E-state index in [2.05, 4.69) is 53.7 Å². The molecule has 126 valence electrons. The summed E-state index contributed by atoms with van der Waals surface area (Å²) in [5.41, 5.74) is 5.39. The van der Waals surface area contributed by atoms with Gasteiger partial charge in [0.05, 0.1) is 0 Å². The zero-order valence-corrected chi connectivity index (χ0v) is 15.2. The van der Waals surface area contributed by atoms with Gasteiger partial charge in [0.25, 0.3) is 0 Å². The maximum absolute atomic E-state index is 4.15. The Morgan fingerprint density at radius 2 is 2.21 bits per heavy atom. The van der Waals surface area contributed by atoms with Gasteiger partial charge in [0, 0.05) is 46.5 Å². The second-order valence-corrected chi connectivity index (χ2v) is 7.27. The molecule has 1 aliphatic heterocycles. The molecule has 4 heteroatoms. The number of nitrogens with zero attached hydrogens (tertiary/aromatic N) is 1. The molecular formula is C20H25N3S. The van der Waals surface area contributed by atoms with Crippen LogP contribution in [0.2, 0.25) is 0 Å². The molecule has 3 heterocycles. The summed E-state index contributed by atoms with van der Waals surface area (Å²) in [6.45, 7) is 7.28. The molecule has 1 aliphatic rings. The fourth-order valence-electron chi connectivity index (χ4n) is 2.80. The number of dihydropyridines is 1. The highest BCUT2D eigenvalue weighted by Gasteiger charge is 2.12. The molecule has 0 bridgehead atoms. The average Bonchev–Trinajstić information content (AvgIpc) is 3.09. The molecule has 0 fully saturated rings. The Hall–Kier alpha value is -1.91. The van der Waals surface area contributed by atoms with Crippen LogP contribution >= 0.6 is 11.3 Å². The molecule has 0 spiro atoms. The predicted octanol–water partition coefficient (Wildman–Crippen LogP) is 4.15. The summed E-state index contributed by atoms with van der Waals surface area (Å²) in [6.07, 6.45) is 8.24. The lowest BCUT2D eigenvalue weighted by Crippen LogP contribution is -2.19. The zero-order valence-electron chi connectivity index (χ0n) is 14.4. The van der Waals surface area contributed by atoms with Crippen LogP contribution < -0.4 is 10.6 Å². The van der Waals surface area contributed by atoms with Crippen molar-refractivity contribution in [3.63, 3.8) is 0 Å². The third-order valence-corrected chi connectivity index (χ3v) is 5.45. The van der Waals surface area contributed by atoms with Crippen molar-refractivity contribution in [2.75, 3.05) is 13.1 Å². The Morgan fingerprint density at radius 3 is 3.00 bits per heavy atom. The van der Waals surface area contributed by atoms with E-state index in [1.165, 1.54) is 32.2 Å². The summed E-state index contributed by atoms with van der Waals surface area (Å²) in [5, 5.41) is 7.04. The molecule has 0 aromatic carbocycles. The van der Waals surface area contributed by atoms with E-state index in [4.69, 9.17) is 0 Å². The Kier molecular flexibility index (Phi) is 5.83. The molecule has 0 unspecified atom stereocenters. The van der Waals surface area contributed by atoms with E-state index in [9.17, 15) is 0 Å². The number of allylic oxidation sites excluding steroid dienone is 3. The van der Waals surface area contributed by atoms with Crippen LogP contribution in [0.5, 0.6) is 0 Å². The van der Waals surface area contributed by atoms with Gasteiger partial charge >= 0.3 is 0 Å². The van der Waals surface area contributed by atoms with Gasteiger partial charge < -0.3 is 10.6 Å². The summed E-state index contributed by atoms with van der Waals surface area (Å²) in [7, 11) is 0. The van der Waals surface area contributed by atoms with Crippen LogP contribution in [0.25, 0.3) is 5.57 Å². The van der Waals surface area contributed by atoms with Crippen LogP contribution in [-0.2, 0) is 13.0 Å². The Balaban J connectivity index is 1.55. The number of aromatic nitrogens is 1. The first-order valence-electron chi connectivity index (χ1n) is 8.59. The van der Waals surface area contributed by atoms with E-state index in [1.54, 1.807) is 0 Å². The van der Waals surface area contributed by atoms with Gasteiger partial charge in [0.1, 0.15) is 0 Å². The van der Waals surface area contributed by atoms with Crippen molar-refractivity contribution in [2.24, 2.45) is 0 Å². The standard InChI is InChI=1S/C20H25N3S/c1-3-16-11-19(15(2)23-13-16)20-7-6-18(24-20)14-22-10-8-17-5-4-9-21-12-17/h4-7,9,11-12,22-23H,3,8,10,13-14H2,1-2H3. The SMILES string of the molecule is CCC1=CC(c2ccc(CNCCc3cccnc3)s2)=C(C)NC1. The Labute approximate surface area is 148 Å². The molecule has 0 aliphatic carbocycles. The molecule has 3 nitrogen and oxygen atoms in total. The summed E-state index contributed by atoms with van der Waals surface area (Å²) in [6, 6.07) is 8.61. The third-order valence-electron chi connectivity index (χ3n) is 4.33. The van der Waals surface area contributed by atoms with Gasteiger partial charge in [-0.05, 0) is 50.1 Å². The van der Waals surface area contributed by atoms with Crippen molar-refractivity contribution in [3.8, 4) is 0 Å². The number of thiophene rings is 1. The Morgan fingerprint density at radius 1 is 1.29 bits per heavy atom. The van der Waals surface area contributed by atoms with Crippen LogP contribution in [-0.4, -0.2) is 18.1 Å². The van der Waals surface area contributed by atoms with Crippen molar-refractivity contribution in [1.29, 1.82) is 0 Å². The molecule has 0 saturated carbocycles. The minimum atomic E-state index is 0.926. The van der Waals surface area contributed by atoms with E-state index in [0.29, 0.717) is 0 Å². The zero-order chi connectivity index (χ0) is 16.8. The van der Waals surface area contributed by atoms with Gasteiger partial charge in [-0.1, -0.05) is 24.6 Å². The van der Waals surface area contributed by atoms with Crippen LogP contribution in [0.3, 0.4) is 0 Å². The smallest absolute Gasteiger partial charge is 0.0363 e. The topological polar surface area (TPSA) is 37.0 Å². The van der Waals surface area contributed by atoms with Gasteiger partial charge in [0.2, 0.25) is 0 Å². The second kappa shape index (κ2) is 8.27. The van der Waals surface area contributed by atoms with Gasteiger partial charge in [-0.3, -0.25) is 4.98 Å². The lowest BCUT2D eigenvalue weighted by Gasteiger charge is -2.18. The van der Waals surface area contributed by atoms with E-state index >= 15 is 0 Å². The fraction of sp³-hybridized carbons (Fsp3) is 0.350. The summed E-state index contributed by atoms with van der Waals surface area (Å²) in [5.74, 6) is 0. The van der Waals surface area contributed by atoms with Crippen LogP contribution in [0.4, 0.5) is 0 Å². The van der Waals surface area contributed by atoms with Crippen LogP contribution in [0.15, 0.2) is 54.0 Å². The van der Waals surface area contributed by atoms with Crippen LogP contribution in [0.1, 0.15) is 35.6 Å². The quantitative estimate of drug-likeness (QED) is 0.744. The maximum Gasteiger partial charge on any atom is 0.0363 e. The molecular weight excluding hydrogens is 314 g/mol. The first-order chi connectivity index (χ1) is 11.8. The number of hydrogen-bond donors (Lipinski definition) is 2. The van der Waals surface area contributed by atoms with E-state index < -0.39 is 0 Å². The largest absolute Gasteiger partial charge is 0.384 e. The first-order valence-corrected chi connectivity index (χ1v) is 9.41. The predicted molar refractivity (Wildman–Crippen MR) is 103 cm³/mol. The van der Waals surface area contributed by atoms with Gasteiger partial charge in [-0.25, -0.2) is 0 Å². The van der Waals surface area contributed by atoms with Crippen molar-refractivity contribution in [2.45, 2.75) is 33.2 Å². The molecule has 2 N–H and O–H groups in total. The molecule has 0 radical (unpaired) electrons. The molecule has 2 aromatic heterocycles. The Bertz CT molecular complexity index is 728. The number of hydrogen-bond acceptors (Lipinski definition) is 4. The highest BCUT2D eigenvalue weighted by atomic mass is 32.1. The fourth-order valence-corrected chi connectivity index (χ4v) is 3.85. The maximum atomic E-state index is 4.15. The van der Waals surface area contributed by atoms with E-state index in [-0.39, 0.29) is 0 Å². The van der Waals surface area contributed by atoms with E-state index in [0.717, 1.165) is 32.5 Å². The van der Waals surface area contributed by atoms with Crippen molar-refractivity contribution < 1.29 is 0 Å². The minimum absolute atomic E-state index is 0.926. The lowest BCUT2D eigenvalue weighted by molar-refractivity contribution is 0.692. The highest BCUT2D eigenvalue weighted by molar-refractivity contribution is 7.13. The van der Waals surface area contributed by atoms with Gasteiger partial charge in [0.15, 0.2) is 0 Å². The first kappa shape index (κ1) is 16.9. The van der Waals surface area contributed by atoms with Gasteiger partial charge in [-0.15, -0.1) is 11.3 Å². The van der Waals surface area contributed by atoms with Crippen LogP contribution in [0, 0.1) is 0 Å². The van der Waals surface area contributed by atoms with Crippen molar-refractivity contribution in [3.05, 3.63) is 69.3 Å². The van der Waals surface area contributed by atoms with Crippen molar-refractivity contribution >= 4 is 16.9 Å². The minimum Gasteiger partial charge on any atom is -0.384 e. The number of nitrogens with one attached hydrogen (secondary N) is 2. The summed E-state index contributed by atoms with van der Waals surface area (Å²) < 4.78 is 0. The molecule has 3 rings (SSSR count). The molecule has 0 amide bonds. The van der Waals surface area contributed by atoms with E-state index in [1.807, 2.05) is 29.8 Å². The highest BCUT2D eigenvalue weighted by Crippen LogP contribution is 2.30. The normalized spacial score (nSPS) is 14.5.